The van der Waals surface area contributed by atoms with Gasteiger partial charge < -0.3 is 64.6 Å². The summed E-state index contributed by atoms with van der Waals surface area (Å²) in [6.45, 7) is 14.6. The minimum absolute atomic E-state index is 0.0484. The largest absolute Gasteiger partial charge is 0.511 e. The number of carboxylic acids is 1. The van der Waals surface area contributed by atoms with Crippen LogP contribution in [0.25, 0.3) is 5.57 Å². The van der Waals surface area contributed by atoms with Crippen LogP contribution in [0.4, 0.5) is 5.69 Å². The quantitative estimate of drug-likeness (QED) is 0.0817. The minimum atomic E-state index is -1.51. The Kier molecular flexibility index (Phi) is 14.7. The Balaban J connectivity index is 0.726. The van der Waals surface area contributed by atoms with Gasteiger partial charge in [0.05, 0.1) is 54.0 Å². The number of carbonyl (C=O) groups is 4. The smallest absolute Gasteiger partial charge is 0.357 e. The van der Waals surface area contributed by atoms with Gasteiger partial charge in [0.15, 0.2) is 36.2 Å². The third kappa shape index (κ3) is 9.59. The summed E-state index contributed by atoms with van der Waals surface area (Å²) in [4.78, 5) is 64.4. The zero-order chi connectivity index (χ0) is 56.2. The van der Waals surface area contributed by atoms with Crippen LogP contribution in [-0.4, -0.2) is 140 Å². The first-order valence-electron chi connectivity index (χ1n) is 28.7. The summed E-state index contributed by atoms with van der Waals surface area (Å²) in [6.07, 6.45) is 4.96. The fraction of sp³-hybridized carbons (Fsp3) is 0.667. The second-order valence-electron chi connectivity index (χ2n) is 25.0. The van der Waals surface area contributed by atoms with Gasteiger partial charge in [-0.2, -0.15) is 0 Å². The van der Waals surface area contributed by atoms with Crippen molar-refractivity contribution in [3.8, 4) is 0 Å². The van der Waals surface area contributed by atoms with Gasteiger partial charge in [0, 0.05) is 52.7 Å². The van der Waals surface area contributed by atoms with E-state index >= 15 is 4.79 Å². The molecule has 21 atom stereocenters. The molecule has 19 nitrogen and oxygen atoms in total. The Hall–Kier alpha value is -4.96. The topological polar surface area (TPSA) is 277 Å². The molecule has 19 heteroatoms. The van der Waals surface area contributed by atoms with Crippen molar-refractivity contribution in [2.24, 2.45) is 56.1 Å². The molecule has 10 aliphatic rings. The molecule has 79 heavy (non-hydrogen) atoms. The van der Waals surface area contributed by atoms with E-state index in [4.69, 9.17) is 38.9 Å². The first-order chi connectivity index (χ1) is 37.4. The lowest BCUT2D eigenvalue weighted by atomic mass is 9.53. The van der Waals surface area contributed by atoms with Crippen LogP contribution in [0, 0.1) is 40.4 Å². The molecule has 2 unspecified atom stereocenters. The number of aliphatic imine (C=N–C) groups is 2. The average Bonchev–Trinajstić information content (AvgIpc) is 4.17. The predicted octanol–water partition coefficient (Wildman–Crippen LogP) is 6.61. The third-order valence-corrected chi connectivity index (χ3v) is 19.9. The molecule has 0 radical (unpaired) electrons. The van der Waals surface area contributed by atoms with Crippen LogP contribution >= 0.6 is 0 Å². The molecule has 6 heterocycles. The number of amidine groups is 1. The van der Waals surface area contributed by atoms with E-state index in [0.717, 1.165) is 23.2 Å². The molecule has 4 aliphatic carbocycles. The van der Waals surface area contributed by atoms with Crippen LogP contribution in [0.1, 0.15) is 132 Å². The number of carbonyl (C=O) groups excluding carboxylic acids is 3. The summed E-state index contributed by atoms with van der Waals surface area (Å²) < 4.78 is 44.9. The van der Waals surface area contributed by atoms with Crippen molar-refractivity contribution >= 4 is 46.4 Å². The number of nitrogens with zero attached hydrogens (tertiary/aromatic N) is 2. The number of hydrogen-bond donors (Lipinski definition) is 6. The number of ether oxygens (including phenoxy) is 7. The van der Waals surface area contributed by atoms with Crippen molar-refractivity contribution < 1.29 is 72.8 Å². The fourth-order valence-corrected chi connectivity index (χ4v) is 15.4. The number of nitrogens with one attached hydrogen (secondary N) is 1. The van der Waals surface area contributed by atoms with Crippen LogP contribution in [0.5, 0.6) is 0 Å². The highest BCUT2D eigenvalue weighted by Gasteiger charge is 2.66. The summed E-state index contributed by atoms with van der Waals surface area (Å²) in [5, 5.41) is 50.1. The number of benzene rings is 1. The van der Waals surface area contributed by atoms with Gasteiger partial charge in [0.1, 0.15) is 29.1 Å². The fourth-order valence-electron chi connectivity index (χ4n) is 15.4. The molecule has 0 aromatic heterocycles. The zero-order valence-corrected chi connectivity index (χ0v) is 46.5. The predicted molar refractivity (Wildman–Crippen MR) is 287 cm³/mol. The summed E-state index contributed by atoms with van der Waals surface area (Å²) >= 11 is 0. The number of Topliss-reactive ketones (excluding diaryl/α,β-unsaturated/α-hetero) is 1. The Morgan fingerprint density at radius 3 is 2.32 bits per heavy atom. The first-order valence-corrected chi connectivity index (χ1v) is 28.7. The number of ketones is 1. The standard InChI is InChI=1S/C60H78N4O15/c1-9-32-25-57(6)26-37(55(69)70)28(2)24-60(57)51(67)48(54(68)64-60)50(66)59(8)33(21-41(32)65)17-18-35-38(59)14-12-16-43(35)77-45-20-19-42(29(3)73-45)76-47-27-58(7,72)52(31(5)75-47)79-46-23-44(49(61)30(4)74-46)78-56(71)40-22-36-34-13-10-11-15-39(34)62-53(36)63-40/h10-11,13,15,17-18,22,26,28-33,35,38,41-47,49,52,65-66,72H,9,12,14,16,19-21,23-25,27,61H2,1-8H3,(H,64,68)(H,69,70)/b50-48+/t28-,29-,30+,31+,32?,33+,35+,38-,41?,42-,43+,44+,45+,46-,47-,49-,52+,57-,58-,59-,60-/m1/s1. The van der Waals surface area contributed by atoms with Crippen LogP contribution in [-0.2, 0) is 52.3 Å². The number of carboxylic acid groups (broad SMARTS) is 1. The van der Waals surface area contributed by atoms with Gasteiger partial charge in [-0.15, -0.1) is 0 Å². The number of fused-ring (bicyclic) bond motifs is 7. The number of nitrogens with two attached hydrogens (primary N) is 1. The van der Waals surface area contributed by atoms with E-state index in [0.29, 0.717) is 37.9 Å². The third-order valence-electron chi connectivity index (χ3n) is 19.9. The van der Waals surface area contributed by atoms with E-state index in [1.165, 1.54) is 0 Å². The summed E-state index contributed by atoms with van der Waals surface area (Å²) in [5.41, 5.74) is 3.77. The molecule has 428 valence electrons. The molecule has 11 rings (SSSR count). The average molecular weight is 1100 g/mol. The Morgan fingerprint density at radius 1 is 0.848 bits per heavy atom. The molecule has 5 fully saturated rings. The molecule has 1 aromatic carbocycles. The molecule has 2 bridgehead atoms. The molecule has 1 aromatic rings. The summed E-state index contributed by atoms with van der Waals surface area (Å²) in [6, 6.07) is 6.98. The van der Waals surface area contributed by atoms with Crippen molar-refractivity contribution in [1.29, 1.82) is 0 Å². The van der Waals surface area contributed by atoms with E-state index in [1.54, 1.807) is 46.8 Å². The number of aliphatic hydroxyl groups excluding tert-OH is 2. The Labute approximate surface area is 461 Å². The highest BCUT2D eigenvalue weighted by molar-refractivity contribution is 6.52. The van der Waals surface area contributed by atoms with Crippen LogP contribution in [0.15, 0.2) is 75.5 Å². The van der Waals surface area contributed by atoms with Crippen LogP contribution in [0.3, 0.4) is 0 Å². The number of esters is 1. The molecular formula is C60H78N4O15. The number of aliphatic carboxylic acids is 1. The summed E-state index contributed by atoms with van der Waals surface area (Å²) in [7, 11) is 0. The number of para-hydroxylation sites is 1. The number of rotatable bonds is 10. The number of hydrogen-bond acceptors (Lipinski definition) is 17. The van der Waals surface area contributed by atoms with Gasteiger partial charge in [-0.1, -0.05) is 77.0 Å². The highest BCUT2D eigenvalue weighted by atomic mass is 16.7. The SMILES string of the molecule is CCC1C[C@]2(C)C=C(C(=O)O)[C@H](C)C[C@]23NC(=O)/C(=C(/O)[C@@]2(C)[C@@H]4CCC[C@H](O[C@H]5CC[C@@H](O[C@@H]6C[C@@](C)(O)[C@@H](O[C@@H]7C[C@H](OC(=O)C8=NC9=Nc%10ccccc%10C9=C8)[C@H](N)[C@H](C)O7)[C@H](C)O6)[C@@H](C)O5)[C@H]4C=C[C@H]2CC1O)C3=O. The first kappa shape index (κ1) is 55.9. The molecule has 1 saturated carbocycles. The second kappa shape index (κ2) is 20.8. The van der Waals surface area contributed by atoms with Crippen LogP contribution < -0.4 is 11.1 Å². The van der Waals surface area contributed by atoms with Gasteiger partial charge in [-0.05, 0) is 102 Å². The molecular weight excluding hydrogens is 1020 g/mol. The highest BCUT2D eigenvalue weighted by Crippen LogP contribution is 2.60. The van der Waals surface area contributed by atoms with Crippen molar-refractivity contribution in [1.82, 2.24) is 5.32 Å². The lowest BCUT2D eigenvalue weighted by Gasteiger charge is -2.53. The second-order valence-corrected chi connectivity index (χ2v) is 25.0. The Morgan fingerprint density at radius 2 is 1.58 bits per heavy atom. The lowest BCUT2D eigenvalue weighted by molar-refractivity contribution is -0.339. The van der Waals surface area contributed by atoms with Gasteiger partial charge in [0.25, 0.3) is 5.91 Å². The summed E-state index contributed by atoms with van der Waals surface area (Å²) in [5.74, 6) is -4.55. The normalized spacial score (nSPS) is 45.5. The Bertz CT molecular complexity index is 2840. The maximum Gasteiger partial charge on any atom is 0.357 e. The van der Waals surface area contributed by atoms with Gasteiger partial charge in [-0.25, -0.2) is 19.6 Å². The van der Waals surface area contributed by atoms with E-state index in [1.807, 2.05) is 51.1 Å². The number of aliphatic hydroxyl groups is 3. The van der Waals surface area contributed by atoms with E-state index in [2.05, 4.69) is 21.4 Å². The maximum atomic E-state index is 15.1. The van der Waals surface area contributed by atoms with Gasteiger partial charge >= 0.3 is 11.9 Å². The molecule has 6 aliphatic heterocycles. The molecule has 1 spiro atoms. The molecule has 7 N–H and O–H groups in total. The number of allylic oxidation sites excluding steroid dienone is 2. The number of amides is 1. The van der Waals surface area contributed by atoms with E-state index in [9.17, 15) is 34.8 Å². The van der Waals surface area contributed by atoms with Gasteiger partial charge in [0.2, 0.25) is 0 Å². The van der Waals surface area contributed by atoms with Gasteiger partial charge in [-0.3, -0.25) is 9.59 Å². The van der Waals surface area contributed by atoms with E-state index < -0.39 is 125 Å². The van der Waals surface area contributed by atoms with E-state index in [-0.39, 0.29) is 78.6 Å². The minimum Gasteiger partial charge on any atom is -0.511 e. The van der Waals surface area contributed by atoms with Crippen LogP contribution in [0.2, 0.25) is 0 Å². The molecule has 1 amide bonds. The van der Waals surface area contributed by atoms with Crippen molar-refractivity contribution in [2.75, 3.05) is 0 Å². The molecule has 4 saturated heterocycles. The lowest BCUT2D eigenvalue weighted by Crippen LogP contribution is -2.61. The van der Waals surface area contributed by atoms with Crippen molar-refractivity contribution in [2.45, 2.75) is 211 Å². The van der Waals surface area contributed by atoms with Crippen molar-refractivity contribution in [3.63, 3.8) is 0 Å². The zero-order valence-electron chi connectivity index (χ0n) is 46.5. The van der Waals surface area contributed by atoms with Crippen molar-refractivity contribution in [3.05, 3.63) is 71.0 Å². The maximum absolute atomic E-state index is 15.1. The monoisotopic (exact) mass is 1090 g/mol.